The molecule has 0 spiro atoms. The molecule has 0 aliphatic rings. The molecule has 0 bridgehead atoms. The Kier molecular flexibility index (Phi) is 8.80. The van der Waals surface area contributed by atoms with E-state index in [0.29, 0.717) is 43.6 Å². The van der Waals surface area contributed by atoms with Crippen molar-refractivity contribution in [3.8, 4) is 23.0 Å². The fourth-order valence-corrected chi connectivity index (χ4v) is 3.30. The molecule has 0 aliphatic carbocycles. The number of aliphatic hydroxyl groups is 1. The van der Waals surface area contributed by atoms with Gasteiger partial charge in [0.2, 0.25) is 0 Å². The molecule has 3 N–H and O–H groups in total. The molecule has 2 aromatic carbocycles. The summed E-state index contributed by atoms with van der Waals surface area (Å²) in [5.41, 5.74) is 1.87. The molecule has 0 heterocycles. The Balaban J connectivity index is 1.92. The van der Waals surface area contributed by atoms with Crippen LogP contribution in [-0.4, -0.2) is 47.7 Å². The van der Waals surface area contributed by atoms with Gasteiger partial charge in [0, 0.05) is 13.3 Å². The SMILES string of the molecule is COc1cc(CC[C@H](O)C[C@H](CCc2ccc(O)c(OC)c2)OC(C)=O)ccc1O. The number of hydrogen-bond donors (Lipinski definition) is 3. The summed E-state index contributed by atoms with van der Waals surface area (Å²) in [7, 11) is 2.97. The number of benzene rings is 2. The van der Waals surface area contributed by atoms with Crippen LogP contribution in [0.3, 0.4) is 0 Å². The number of aryl methyl sites for hydroxylation is 2. The van der Waals surface area contributed by atoms with Crippen molar-refractivity contribution in [1.82, 2.24) is 0 Å². The van der Waals surface area contributed by atoms with Gasteiger partial charge in [0.1, 0.15) is 6.10 Å². The molecule has 0 aromatic heterocycles. The Morgan fingerprint density at radius 1 is 0.900 bits per heavy atom. The quantitative estimate of drug-likeness (QED) is 0.481. The number of esters is 1. The predicted molar refractivity (Wildman–Crippen MR) is 112 cm³/mol. The molecule has 7 nitrogen and oxygen atoms in total. The lowest BCUT2D eigenvalue weighted by Gasteiger charge is -2.21. The van der Waals surface area contributed by atoms with Crippen molar-refractivity contribution in [3.05, 3.63) is 47.5 Å². The zero-order valence-corrected chi connectivity index (χ0v) is 17.6. The smallest absolute Gasteiger partial charge is 0.302 e. The number of hydrogen-bond acceptors (Lipinski definition) is 7. The molecule has 2 atom stereocenters. The molecule has 0 saturated carbocycles. The molecule has 0 saturated heterocycles. The number of aromatic hydroxyl groups is 2. The minimum atomic E-state index is -0.650. The van der Waals surface area contributed by atoms with Crippen LogP contribution in [0.4, 0.5) is 0 Å². The highest BCUT2D eigenvalue weighted by Gasteiger charge is 2.18. The number of phenolic OH excluding ortho intramolecular Hbond substituents is 2. The van der Waals surface area contributed by atoms with Gasteiger partial charge in [0.05, 0.1) is 20.3 Å². The number of carbonyl (C=O) groups is 1. The molecule has 2 rings (SSSR count). The van der Waals surface area contributed by atoms with E-state index in [4.69, 9.17) is 14.2 Å². The van der Waals surface area contributed by atoms with Gasteiger partial charge >= 0.3 is 5.97 Å². The third-order valence-corrected chi connectivity index (χ3v) is 4.88. The molecule has 30 heavy (non-hydrogen) atoms. The summed E-state index contributed by atoms with van der Waals surface area (Å²) in [5, 5.41) is 29.8. The lowest BCUT2D eigenvalue weighted by molar-refractivity contribution is -0.148. The van der Waals surface area contributed by atoms with Crippen molar-refractivity contribution in [2.24, 2.45) is 0 Å². The normalized spacial score (nSPS) is 12.8. The van der Waals surface area contributed by atoms with Gasteiger partial charge in [0.15, 0.2) is 23.0 Å². The van der Waals surface area contributed by atoms with Crippen LogP contribution in [0.5, 0.6) is 23.0 Å². The number of ether oxygens (including phenoxy) is 3. The number of aliphatic hydroxyl groups excluding tert-OH is 1. The summed E-state index contributed by atoms with van der Waals surface area (Å²) in [6.45, 7) is 1.35. The van der Waals surface area contributed by atoms with E-state index in [9.17, 15) is 20.1 Å². The monoisotopic (exact) mass is 418 g/mol. The van der Waals surface area contributed by atoms with Crippen LogP contribution >= 0.6 is 0 Å². The fraction of sp³-hybridized carbons (Fsp3) is 0.435. The maximum Gasteiger partial charge on any atom is 0.302 e. The molecule has 0 aliphatic heterocycles. The predicted octanol–water partition coefficient (Wildman–Crippen LogP) is 3.36. The van der Waals surface area contributed by atoms with Crippen molar-refractivity contribution in [1.29, 1.82) is 0 Å². The van der Waals surface area contributed by atoms with Crippen LogP contribution in [0.2, 0.25) is 0 Å². The molecule has 2 aromatic rings. The van der Waals surface area contributed by atoms with Crippen LogP contribution in [0, 0.1) is 0 Å². The fourth-order valence-electron chi connectivity index (χ4n) is 3.30. The van der Waals surface area contributed by atoms with Crippen LogP contribution in [0.25, 0.3) is 0 Å². The van der Waals surface area contributed by atoms with Crippen LogP contribution < -0.4 is 9.47 Å². The molecular weight excluding hydrogens is 388 g/mol. The molecule has 0 fully saturated rings. The van der Waals surface area contributed by atoms with Gasteiger partial charge < -0.3 is 29.5 Å². The third kappa shape index (κ3) is 7.15. The van der Waals surface area contributed by atoms with E-state index < -0.39 is 18.2 Å². The topological polar surface area (TPSA) is 105 Å². The highest BCUT2D eigenvalue weighted by atomic mass is 16.5. The lowest BCUT2D eigenvalue weighted by Crippen LogP contribution is -2.24. The lowest BCUT2D eigenvalue weighted by atomic mass is 9.98. The maximum absolute atomic E-state index is 11.5. The van der Waals surface area contributed by atoms with Crippen LogP contribution in [-0.2, 0) is 22.4 Å². The highest BCUT2D eigenvalue weighted by molar-refractivity contribution is 5.66. The molecule has 7 heteroatoms. The second kappa shape index (κ2) is 11.3. The summed E-state index contributed by atoms with van der Waals surface area (Å²) in [6.07, 6.45) is 1.48. The zero-order chi connectivity index (χ0) is 22.1. The molecule has 164 valence electrons. The second-order valence-corrected chi connectivity index (χ2v) is 7.21. The second-order valence-electron chi connectivity index (χ2n) is 7.21. The molecule has 0 radical (unpaired) electrons. The zero-order valence-electron chi connectivity index (χ0n) is 17.6. The standard InChI is InChI=1S/C23H30O7/c1-15(24)30-19(9-5-17-7-11-21(27)23(13-17)29-3)14-18(25)8-4-16-6-10-20(26)22(12-16)28-2/h6-7,10-13,18-19,25-27H,4-5,8-9,14H2,1-3H3/t18-,19-/m0/s1. The van der Waals surface area contributed by atoms with E-state index in [1.165, 1.54) is 21.1 Å². The van der Waals surface area contributed by atoms with E-state index in [2.05, 4.69) is 0 Å². The number of rotatable bonds is 11. The summed E-state index contributed by atoms with van der Waals surface area (Å²) in [5.74, 6) is 0.533. The van der Waals surface area contributed by atoms with E-state index >= 15 is 0 Å². The summed E-state index contributed by atoms with van der Waals surface area (Å²) < 4.78 is 15.6. The van der Waals surface area contributed by atoms with Gasteiger partial charge in [-0.1, -0.05) is 12.1 Å². The third-order valence-electron chi connectivity index (χ3n) is 4.88. The minimum absolute atomic E-state index is 0.0686. The van der Waals surface area contributed by atoms with Gasteiger partial charge in [-0.15, -0.1) is 0 Å². The summed E-state index contributed by atoms with van der Waals surface area (Å²) >= 11 is 0. The van der Waals surface area contributed by atoms with Crippen molar-refractivity contribution in [2.75, 3.05) is 14.2 Å². The Morgan fingerprint density at radius 3 is 1.87 bits per heavy atom. The van der Waals surface area contributed by atoms with Crippen molar-refractivity contribution >= 4 is 5.97 Å². The van der Waals surface area contributed by atoms with Crippen molar-refractivity contribution < 1.29 is 34.3 Å². The Morgan fingerprint density at radius 2 is 1.40 bits per heavy atom. The van der Waals surface area contributed by atoms with Gasteiger partial charge in [-0.3, -0.25) is 4.79 Å². The first kappa shape index (κ1) is 23.3. The summed E-state index contributed by atoms with van der Waals surface area (Å²) in [6, 6.07) is 10.2. The van der Waals surface area contributed by atoms with Gasteiger partial charge in [-0.05, 0) is 61.1 Å². The summed E-state index contributed by atoms with van der Waals surface area (Å²) in [4.78, 5) is 11.5. The first-order valence-electron chi connectivity index (χ1n) is 9.89. The van der Waals surface area contributed by atoms with Crippen LogP contribution in [0.1, 0.15) is 37.3 Å². The van der Waals surface area contributed by atoms with E-state index in [0.717, 1.165) is 11.1 Å². The van der Waals surface area contributed by atoms with E-state index in [1.54, 1.807) is 36.4 Å². The Bertz CT molecular complexity index is 834. The number of phenols is 2. The Labute approximate surface area is 176 Å². The van der Waals surface area contributed by atoms with Gasteiger partial charge in [-0.25, -0.2) is 0 Å². The van der Waals surface area contributed by atoms with Crippen molar-refractivity contribution in [3.63, 3.8) is 0 Å². The van der Waals surface area contributed by atoms with Crippen molar-refractivity contribution in [2.45, 2.75) is 51.2 Å². The van der Waals surface area contributed by atoms with E-state index in [-0.39, 0.29) is 11.5 Å². The molecule has 0 unspecified atom stereocenters. The average molecular weight is 418 g/mol. The minimum Gasteiger partial charge on any atom is -0.504 e. The first-order chi connectivity index (χ1) is 14.3. The Hall–Kier alpha value is -2.93. The van der Waals surface area contributed by atoms with Gasteiger partial charge in [0.25, 0.3) is 0 Å². The van der Waals surface area contributed by atoms with E-state index in [1.807, 2.05) is 0 Å². The van der Waals surface area contributed by atoms with Gasteiger partial charge in [-0.2, -0.15) is 0 Å². The average Bonchev–Trinajstić information content (AvgIpc) is 2.72. The largest absolute Gasteiger partial charge is 0.504 e. The number of carbonyl (C=O) groups excluding carboxylic acids is 1. The molecular formula is C23H30O7. The maximum atomic E-state index is 11.5. The van der Waals surface area contributed by atoms with Crippen LogP contribution in [0.15, 0.2) is 36.4 Å². The number of methoxy groups -OCH3 is 2. The highest BCUT2D eigenvalue weighted by Crippen LogP contribution is 2.28. The molecule has 0 amide bonds. The first-order valence-corrected chi connectivity index (χ1v) is 9.89.